The van der Waals surface area contributed by atoms with Crippen LogP contribution in [0, 0.1) is 6.92 Å². The topological polar surface area (TPSA) is 59.4 Å². The molecule has 5 rings (SSSR count). The number of hydrogen-bond acceptors (Lipinski definition) is 4. The molecule has 0 aliphatic carbocycles. The van der Waals surface area contributed by atoms with Gasteiger partial charge in [0.2, 0.25) is 5.91 Å². The van der Waals surface area contributed by atoms with Gasteiger partial charge in [-0.25, -0.2) is 4.68 Å². The molecule has 190 valence electrons. The molecular formula is C31H34N4O2. The summed E-state index contributed by atoms with van der Waals surface area (Å²) in [7, 11) is 1.70. The molecule has 0 bridgehead atoms. The van der Waals surface area contributed by atoms with Crippen molar-refractivity contribution in [2.24, 2.45) is 0 Å². The number of aryl methyl sites for hydroxylation is 1. The minimum atomic E-state index is -0.0840. The second-order valence-corrected chi connectivity index (χ2v) is 9.96. The number of amides is 1. The molecule has 1 N–H and O–H groups in total. The lowest BCUT2D eigenvalue weighted by atomic mass is 9.96. The van der Waals surface area contributed by atoms with Crippen molar-refractivity contribution in [2.75, 3.05) is 23.9 Å². The molecule has 1 aliphatic rings. The summed E-state index contributed by atoms with van der Waals surface area (Å²) in [5.74, 6) is 1.15. The van der Waals surface area contributed by atoms with Gasteiger partial charge in [0.15, 0.2) is 0 Å². The molecule has 1 aliphatic heterocycles. The number of rotatable bonds is 6. The van der Waals surface area contributed by atoms with Crippen LogP contribution in [-0.4, -0.2) is 29.3 Å². The van der Waals surface area contributed by atoms with E-state index in [0.717, 1.165) is 59.1 Å². The number of carbonyl (C=O) groups excluding carboxylic acids is 1. The number of hydrogen-bond donors (Lipinski definition) is 1. The third-order valence-corrected chi connectivity index (χ3v) is 7.04. The van der Waals surface area contributed by atoms with Crippen molar-refractivity contribution in [2.45, 2.75) is 46.6 Å². The molecule has 37 heavy (non-hydrogen) atoms. The van der Waals surface area contributed by atoms with E-state index >= 15 is 0 Å². The number of nitrogens with zero attached hydrogens (tertiary/aromatic N) is 3. The number of anilines is 2. The number of para-hydroxylation sites is 2. The van der Waals surface area contributed by atoms with Crippen molar-refractivity contribution in [1.29, 1.82) is 0 Å². The summed E-state index contributed by atoms with van der Waals surface area (Å²) in [6.07, 6.45) is 0.861. The smallest absolute Gasteiger partial charge is 0.221 e. The first-order valence-electron chi connectivity index (χ1n) is 12.8. The van der Waals surface area contributed by atoms with Crippen LogP contribution >= 0.6 is 0 Å². The Morgan fingerprint density at radius 2 is 1.78 bits per heavy atom. The van der Waals surface area contributed by atoms with E-state index in [1.807, 2.05) is 24.3 Å². The van der Waals surface area contributed by atoms with Crippen molar-refractivity contribution >= 4 is 17.3 Å². The van der Waals surface area contributed by atoms with Crippen LogP contribution < -0.4 is 15.0 Å². The predicted molar refractivity (Wildman–Crippen MR) is 150 cm³/mol. The van der Waals surface area contributed by atoms with Crippen molar-refractivity contribution in [3.63, 3.8) is 0 Å². The quantitative estimate of drug-likeness (QED) is 0.332. The Morgan fingerprint density at radius 3 is 2.49 bits per heavy atom. The Bertz CT molecular complexity index is 1440. The van der Waals surface area contributed by atoms with E-state index in [-0.39, 0.29) is 5.91 Å². The predicted octanol–water partition coefficient (Wildman–Crippen LogP) is 6.50. The zero-order valence-corrected chi connectivity index (χ0v) is 22.2. The maximum atomic E-state index is 11.6. The highest BCUT2D eigenvalue weighted by Gasteiger charge is 2.29. The van der Waals surface area contributed by atoms with E-state index in [4.69, 9.17) is 9.84 Å². The van der Waals surface area contributed by atoms with Crippen LogP contribution in [0.4, 0.5) is 11.4 Å². The molecule has 6 nitrogen and oxygen atoms in total. The van der Waals surface area contributed by atoms with Crippen molar-refractivity contribution in [3.8, 4) is 22.7 Å². The maximum absolute atomic E-state index is 11.6. The molecule has 2 heterocycles. The minimum absolute atomic E-state index is 0.0840. The Kier molecular flexibility index (Phi) is 6.74. The fraction of sp³-hybridized carbons (Fsp3) is 0.290. The van der Waals surface area contributed by atoms with E-state index < -0.39 is 0 Å². The van der Waals surface area contributed by atoms with Gasteiger partial charge in [-0.2, -0.15) is 5.10 Å². The molecule has 0 unspecified atom stereocenters. The highest BCUT2D eigenvalue weighted by molar-refractivity contribution is 5.89. The van der Waals surface area contributed by atoms with Gasteiger partial charge in [-0.15, -0.1) is 0 Å². The van der Waals surface area contributed by atoms with Crippen LogP contribution in [0.15, 0.2) is 66.7 Å². The van der Waals surface area contributed by atoms with E-state index in [0.29, 0.717) is 5.92 Å². The number of ether oxygens (including phenoxy) is 1. The second-order valence-electron chi connectivity index (χ2n) is 9.96. The molecule has 4 aromatic rings. The highest BCUT2D eigenvalue weighted by Crippen LogP contribution is 2.39. The van der Waals surface area contributed by atoms with Crippen LogP contribution in [0.2, 0.25) is 0 Å². The standard InChI is InChI=1S/C31H34N4O2/c1-20(2)25-10-6-7-11-28(25)34-18-17-27-26(19-34)31(23-13-15-24(16-14-23)32-22(4)36)35(33-27)30-21(3)9-8-12-29(30)37-5/h6-16,20H,17-19H2,1-5H3,(H,32,36). The van der Waals surface area contributed by atoms with Crippen LogP contribution in [-0.2, 0) is 17.8 Å². The SMILES string of the molecule is COc1cccc(C)c1-n1nc2c(c1-c1ccc(NC(C)=O)cc1)CN(c1ccccc1C(C)C)CC2. The van der Waals surface area contributed by atoms with Crippen molar-refractivity contribution < 1.29 is 9.53 Å². The lowest BCUT2D eigenvalue weighted by Gasteiger charge is -2.31. The summed E-state index contributed by atoms with van der Waals surface area (Å²) < 4.78 is 7.84. The summed E-state index contributed by atoms with van der Waals surface area (Å²) >= 11 is 0. The largest absolute Gasteiger partial charge is 0.494 e. The zero-order chi connectivity index (χ0) is 26.1. The van der Waals surface area contributed by atoms with E-state index in [1.54, 1.807) is 7.11 Å². The Balaban J connectivity index is 1.67. The number of nitrogens with one attached hydrogen (secondary N) is 1. The highest BCUT2D eigenvalue weighted by atomic mass is 16.5. The van der Waals surface area contributed by atoms with Crippen LogP contribution in [0.25, 0.3) is 16.9 Å². The monoisotopic (exact) mass is 494 g/mol. The molecule has 0 atom stereocenters. The van der Waals surface area contributed by atoms with Gasteiger partial charge in [0, 0.05) is 48.9 Å². The average Bonchev–Trinajstić information content (AvgIpc) is 3.26. The summed E-state index contributed by atoms with van der Waals surface area (Å²) in [6.45, 7) is 9.80. The molecule has 0 saturated carbocycles. The molecule has 0 saturated heterocycles. The first-order valence-corrected chi connectivity index (χ1v) is 12.8. The number of fused-ring (bicyclic) bond motifs is 1. The average molecular weight is 495 g/mol. The van der Waals surface area contributed by atoms with E-state index in [2.05, 4.69) is 78.1 Å². The molecular weight excluding hydrogens is 460 g/mol. The van der Waals surface area contributed by atoms with Gasteiger partial charge in [-0.1, -0.05) is 56.3 Å². The van der Waals surface area contributed by atoms with Gasteiger partial charge in [-0.3, -0.25) is 4.79 Å². The van der Waals surface area contributed by atoms with Crippen LogP contribution in [0.5, 0.6) is 5.75 Å². The number of methoxy groups -OCH3 is 1. The van der Waals surface area contributed by atoms with Gasteiger partial charge in [0.05, 0.1) is 18.5 Å². The third kappa shape index (κ3) is 4.71. The summed E-state index contributed by atoms with van der Waals surface area (Å²) in [5.41, 5.74) is 9.92. The second kappa shape index (κ2) is 10.1. The van der Waals surface area contributed by atoms with Gasteiger partial charge < -0.3 is 15.0 Å². The Labute approximate surface area is 218 Å². The number of carbonyl (C=O) groups is 1. The molecule has 1 amide bonds. The van der Waals surface area contributed by atoms with Gasteiger partial charge in [0.1, 0.15) is 11.4 Å². The first-order chi connectivity index (χ1) is 17.9. The maximum Gasteiger partial charge on any atom is 0.221 e. The van der Waals surface area contributed by atoms with Gasteiger partial charge >= 0.3 is 0 Å². The van der Waals surface area contributed by atoms with Gasteiger partial charge in [0.25, 0.3) is 0 Å². The first kappa shape index (κ1) is 24.6. The van der Waals surface area contributed by atoms with Crippen LogP contribution in [0.1, 0.15) is 49.1 Å². The van der Waals surface area contributed by atoms with Crippen LogP contribution in [0.3, 0.4) is 0 Å². The van der Waals surface area contributed by atoms with Gasteiger partial charge in [-0.05, 0) is 48.2 Å². The van der Waals surface area contributed by atoms with E-state index in [1.165, 1.54) is 23.7 Å². The number of benzene rings is 3. The normalized spacial score (nSPS) is 13.0. The summed E-state index contributed by atoms with van der Waals surface area (Å²) in [4.78, 5) is 14.0. The fourth-order valence-electron chi connectivity index (χ4n) is 5.28. The molecule has 0 radical (unpaired) electrons. The Hall–Kier alpha value is -4.06. The zero-order valence-electron chi connectivity index (χ0n) is 22.2. The lowest BCUT2D eigenvalue weighted by Crippen LogP contribution is -2.31. The summed E-state index contributed by atoms with van der Waals surface area (Å²) in [5, 5.41) is 8.03. The van der Waals surface area contributed by atoms with E-state index in [9.17, 15) is 4.79 Å². The van der Waals surface area contributed by atoms with Crippen molar-refractivity contribution in [3.05, 3.63) is 89.1 Å². The minimum Gasteiger partial charge on any atom is -0.494 e. The molecule has 3 aromatic carbocycles. The lowest BCUT2D eigenvalue weighted by molar-refractivity contribution is -0.114. The third-order valence-electron chi connectivity index (χ3n) is 7.04. The summed E-state index contributed by atoms with van der Waals surface area (Å²) in [6, 6.07) is 22.8. The number of aromatic nitrogens is 2. The fourth-order valence-corrected chi connectivity index (χ4v) is 5.28. The molecule has 6 heteroatoms. The molecule has 1 aromatic heterocycles. The molecule has 0 spiro atoms. The molecule has 0 fully saturated rings. The Morgan fingerprint density at radius 1 is 1.03 bits per heavy atom. The van der Waals surface area contributed by atoms with Crippen molar-refractivity contribution in [1.82, 2.24) is 9.78 Å².